The highest BCUT2D eigenvalue weighted by Crippen LogP contribution is 2.43. The van der Waals surface area contributed by atoms with E-state index in [9.17, 15) is 19.5 Å². The van der Waals surface area contributed by atoms with Gasteiger partial charge in [0.05, 0.1) is 23.8 Å². The number of rotatable bonds is 4. The van der Waals surface area contributed by atoms with E-state index in [2.05, 4.69) is 5.32 Å². The third-order valence-corrected chi connectivity index (χ3v) is 4.41. The molecule has 2 aliphatic heterocycles. The maximum atomic E-state index is 12.5. The van der Waals surface area contributed by atoms with Crippen LogP contribution in [0.2, 0.25) is 0 Å². The molecule has 6 nitrogen and oxygen atoms in total. The SMILES string of the molecule is CC(=O)c1ccccc1NC(=O)[C@@H]1[C@@H](C(=O)[O-])[C@H]2CC[C@@H]1O2. The second kappa shape index (κ2) is 5.53. The van der Waals surface area contributed by atoms with Crippen LogP contribution in [0.3, 0.4) is 0 Å². The van der Waals surface area contributed by atoms with Gasteiger partial charge in [0.15, 0.2) is 5.78 Å². The summed E-state index contributed by atoms with van der Waals surface area (Å²) in [5, 5.41) is 14.0. The van der Waals surface area contributed by atoms with Crippen molar-refractivity contribution in [1.29, 1.82) is 0 Å². The normalized spacial score (nSPS) is 29.3. The van der Waals surface area contributed by atoms with Gasteiger partial charge in [-0.1, -0.05) is 12.1 Å². The van der Waals surface area contributed by atoms with Gasteiger partial charge in [0.1, 0.15) is 0 Å². The van der Waals surface area contributed by atoms with Crippen molar-refractivity contribution < 1.29 is 24.2 Å². The van der Waals surface area contributed by atoms with E-state index >= 15 is 0 Å². The number of anilines is 1. The van der Waals surface area contributed by atoms with Gasteiger partial charge in [-0.3, -0.25) is 9.59 Å². The predicted molar refractivity (Wildman–Crippen MR) is 75.0 cm³/mol. The number of fused-ring (bicyclic) bond motifs is 2. The Bertz CT molecular complexity index is 641. The zero-order valence-electron chi connectivity index (χ0n) is 12.1. The summed E-state index contributed by atoms with van der Waals surface area (Å²) in [6.07, 6.45) is 0.462. The van der Waals surface area contributed by atoms with Gasteiger partial charge in [-0.05, 0) is 31.9 Å². The molecule has 0 aliphatic carbocycles. The van der Waals surface area contributed by atoms with Crippen molar-refractivity contribution >= 4 is 23.3 Å². The second-order valence-electron chi connectivity index (χ2n) is 5.75. The lowest BCUT2D eigenvalue weighted by molar-refractivity contribution is -0.313. The highest BCUT2D eigenvalue weighted by atomic mass is 16.5. The number of carboxylic acid groups (broad SMARTS) is 1. The summed E-state index contributed by atoms with van der Waals surface area (Å²) < 4.78 is 5.55. The van der Waals surface area contributed by atoms with Crippen LogP contribution in [0.4, 0.5) is 5.69 Å². The van der Waals surface area contributed by atoms with E-state index in [1.165, 1.54) is 6.92 Å². The number of benzene rings is 1. The first-order valence-corrected chi connectivity index (χ1v) is 7.26. The second-order valence-corrected chi connectivity index (χ2v) is 5.75. The number of hydrogen-bond donors (Lipinski definition) is 1. The van der Waals surface area contributed by atoms with Crippen LogP contribution in [0.15, 0.2) is 24.3 Å². The van der Waals surface area contributed by atoms with Crippen LogP contribution in [0.5, 0.6) is 0 Å². The van der Waals surface area contributed by atoms with Crippen LogP contribution in [-0.2, 0) is 14.3 Å². The Morgan fingerprint density at radius 3 is 2.41 bits per heavy atom. The monoisotopic (exact) mass is 302 g/mol. The summed E-state index contributed by atoms with van der Waals surface area (Å²) in [6, 6.07) is 6.65. The van der Waals surface area contributed by atoms with E-state index in [1.54, 1.807) is 24.3 Å². The van der Waals surface area contributed by atoms with Crippen LogP contribution in [-0.4, -0.2) is 29.9 Å². The number of carbonyl (C=O) groups is 3. The molecule has 1 aromatic carbocycles. The summed E-state index contributed by atoms with van der Waals surface area (Å²) in [4.78, 5) is 35.4. The van der Waals surface area contributed by atoms with Crippen molar-refractivity contribution in [3.05, 3.63) is 29.8 Å². The van der Waals surface area contributed by atoms with Gasteiger partial charge in [0, 0.05) is 17.5 Å². The van der Waals surface area contributed by atoms with Gasteiger partial charge in [0.25, 0.3) is 0 Å². The van der Waals surface area contributed by atoms with Crippen molar-refractivity contribution in [2.75, 3.05) is 5.32 Å². The number of aliphatic carboxylic acids is 1. The standard InChI is InChI=1S/C16H17NO5/c1-8(18)9-4-2-3-5-10(9)17-15(19)13-11-6-7-12(22-11)14(13)16(20)21/h2-5,11-14H,6-7H2,1H3,(H,17,19)(H,20,21)/p-1/t11-,12+,13-,14-/m0/s1. The number of carbonyl (C=O) groups excluding carboxylic acids is 3. The Kier molecular flexibility index (Phi) is 3.70. The molecule has 0 radical (unpaired) electrons. The fourth-order valence-electron chi connectivity index (χ4n) is 3.43. The molecule has 2 fully saturated rings. The minimum absolute atomic E-state index is 0.170. The van der Waals surface area contributed by atoms with E-state index in [0.29, 0.717) is 24.1 Å². The quantitative estimate of drug-likeness (QED) is 0.811. The Hall–Kier alpha value is -2.21. The van der Waals surface area contributed by atoms with Crippen molar-refractivity contribution in [3.8, 4) is 0 Å². The summed E-state index contributed by atoms with van der Waals surface area (Å²) in [7, 11) is 0. The lowest BCUT2D eigenvalue weighted by Crippen LogP contribution is -2.46. The van der Waals surface area contributed by atoms with E-state index in [1.807, 2.05) is 0 Å². The highest BCUT2D eigenvalue weighted by molar-refractivity contribution is 6.04. The Morgan fingerprint density at radius 2 is 1.77 bits per heavy atom. The molecule has 0 unspecified atom stereocenters. The summed E-state index contributed by atoms with van der Waals surface area (Å²) in [5.41, 5.74) is 0.782. The smallest absolute Gasteiger partial charge is 0.230 e. The maximum absolute atomic E-state index is 12.5. The maximum Gasteiger partial charge on any atom is 0.230 e. The molecule has 6 heteroatoms. The van der Waals surface area contributed by atoms with Crippen LogP contribution in [0, 0.1) is 11.8 Å². The van der Waals surface area contributed by atoms with Gasteiger partial charge in [-0.2, -0.15) is 0 Å². The summed E-state index contributed by atoms with van der Waals surface area (Å²) in [5.74, 6) is -3.56. The minimum atomic E-state index is -1.26. The van der Waals surface area contributed by atoms with Gasteiger partial charge < -0.3 is 20.0 Å². The van der Waals surface area contributed by atoms with E-state index in [0.717, 1.165) is 0 Å². The fraction of sp³-hybridized carbons (Fsp3) is 0.438. The number of hydrogen-bond acceptors (Lipinski definition) is 5. The fourth-order valence-corrected chi connectivity index (χ4v) is 3.43. The average molecular weight is 302 g/mol. The topological polar surface area (TPSA) is 95.5 Å². The summed E-state index contributed by atoms with van der Waals surface area (Å²) in [6.45, 7) is 1.41. The van der Waals surface area contributed by atoms with Crippen molar-refractivity contribution in [2.45, 2.75) is 32.0 Å². The third kappa shape index (κ3) is 2.39. The molecule has 1 N–H and O–H groups in total. The number of ketones is 1. The molecule has 4 atom stereocenters. The average Bonchev–Trinajstić information content (AvgIpc) is 3.08. The number of ether oxygens (including phenoxy) is 1. The van der Waals surface area contributed by atoms with Gasteiger partial charge >= 0.3 is 0 Å². The largest absolute Gasteiger partial charge is 0.550 e. The van der Waals surface area contributed by atoms with E-state index in [-0.39, 0.29) is 5.78 Å². The van der Waals surface area contributed by atoms with Crippen molar-refractivity contribution in [3.63, 3.8) is 0 Å². The summed E-state index contributed by atoms with van der Waals surface area (Å²) >= 11 is 0. The lowest BCUT2D eigenvalue weighted by Gasteiger charge is -2.27. The zero-order chi connectivity index (χ0) is 15.9. The number of carboxylic acids is 1. The minimum Gasteiger partial charge on any atom is -0.550 e. The molecule has 1 amide bonds. The Balaban J connectivity index is 1.83. The molecule has 1 aromatic rings. The molecule has 2 heterocycles. The number of amides is 1. The Morgan fingerprint density at radius 1 is 1.14 bits per heavy atom. The molecule has 2 saturated heterocycles. The number of para-hydroxylation sites is 1. The van der Waals surface area contributed by atoms with Crippen LogP contribution < -0.4 is 10.4 Å². The first kappa shape index (κ1) is 14.7. The number of Topliss-reactive ketones (excluding diaryl/α,β-unsaturated/α-hetero) is 1. The van der Waals surface area contributed by atoms with Crippen molar-refractivity contribution in [1.82, 2.24) is 0 Å². The molecular weight excluding hydrogens is 286 g/mol. The molecule has 0 aromatic heterocycles. The lowest BCUT2D eigenvalue weighted by atomic mass is 9.78. The first-order chi connectivity index (χ1) is 10.5. The van der Waals surface area contributed by atoms with E-state index in [4.69, 9.17) is 4.74 Å². The molecule has 116 valence electrons. The molecule has 3 rings (SSSR count). The van der Waals surface area contributed by atoms with Gasteiger partial charge in [0.2, 0.25) is 5.91 Å². The van der Waals surface area contributed by atoms with Crippen LogP contribution in [0.1, 0.15) is 30.1 Å². The molecular formula is C16H16NO5-. The molecule has 0 spiro atoms. The van der Waals surface area contributed by atoms with Crippen LogP contribution in [0.25, 0.3) is 0 Å². The van der Waals surface area contributed by atoms with Gasteiger partial charge in [-0.25, -0.2) is 0 Å². The molecule has 2 aliphatic rings. The van der Waals surface area contributed by atoms with Crippen LogP contribution >= 0.6 is 0 Å². The van der Waals surface area contributed by atoms with Crippen molar-refractivity contribution in [2.24, 2.45) is 11.8 Å². The number of nitrogens with one attached hydrogen (secondary N) is 1. The molecule has 22 heavy (non-hydrogen) atoms. The highest BCUT2D eigenvalue weighted by Gasteiger charge is 2.52. The molecule has 0 saturated carbocycles. The first-order valence-electron chi connectivity index (χ1n) is 7.26. The van der Waals surface area contributed by atoms with Gasteiger partial charge in [-0.15, -0.1) is 0 Å². The Labute approximate surface area is 127 Å². The zero-order valence-corrected chi connectivity index (χ0v) is 12.1. The molecule has 2 bridgehead atoms. The predicted octanol–water partition coefficient (Wildman–Crippen LogP) is 0.371. The third-order valence-electron chi connectivity index (χ3n) is 4.41. The van der Waals surface area contributed by atoms with E-state index < -0.39 is 35.9 Å².